The van der Waals surface area contributed by atoms with Crippen LogP contribution in [0.1, 0.15) is 75.8 Å². The van der Waals surface area contributed by atoms with Gasteiger partial charge in [-0.15, -0.1) is 0 Å². The molecule has 0 radical (unpaired) electrons. The molecule has 0 unspecified atom stereocenters. The van der Waals surface area contributed by atoms with Crippen LogP contribution in [0.2, 0.25) is 0 Å². The topological polar surface area (TPSA) is 61.6 Å². The standard InChI is InChI=1S/C19H30N2O.C12H18N2/c1-2-3-4-8-11-19(22)20-18-12-14-21(15-13-18)16-17-9-6-5-7-10-17;13-12-6-8-14(9-7-12)10-11-4-2-1-3-5-11/h5-7,9-10,18H,2-4,8,11-16H2,1H3,(H,20,22);1-5,12H,6-10,13H2. The minimum absolute atomic E-state index is 0.248. The number of unbranched alkanes of at least 4 members (excludes halogenated alkanes) is 3. The molecule has 0 spiro atoms. The maximum absolute atomic E-state index is 11.9. The van der Waals surface area contributed by atoms with Crippen molar-refractivity contribution in [3.8, 4) is 0 Å². The fourth-order valence-corrected chi connectivity index (χ4v) is 5.04. The lowest BCUT2D eigenvalue weighted by Crippen LogP contribution is -2.44. The molecule has 2 aromatic rings. The third-order valence-electron chi connectivity index (χ3n) is 7.34. The zero-order valence-electron chi connectivity index (χ0n) is 22.4. The lowest BCUT2D eigenvalue weighted by molar-refractivity contribution is -0.122. The first-order valence-electron chi connectivity index (χ1n) is 14.2. The predicted molar refractivity (Wildman–Crippen MR) is 151 cm³/mol. The Morgan fingerprint density at radius 3 is 1.78 bits per heavy atom. The van der Waals surface area contributed by atoms with Crippen molar-refractivity contribution in [2.75, 3.05) is 26.2 Å². The highest BCUT2D eigenvalue weighted by Gasteiger charge is 2.20. The van der Waals surface area contributed by atoms with Crippen LogP contribution in [-0.2, 0) is 17.9 Å². The molecule has 3 N–H and O–H groups in total. The minimum atomic E-state index is 0.248. The van der Waals surface area contributed by atoms with Crippen LogP contribution in [-0.4, -0.2) is 54.0 Å². The first-order chi connectivity index (χ1) is 17.6. The molecule has 2 saturated heterocycles. The second-order valence-electron chi connectivity index (χ2n) is 10.5. The molecule has 0 aromatic heterocycles. The summed E-state index contributed by atoms with van der Waals surface area (Å²) in [5.74, 6) is 0.248. The summed E-state index contributed by atoms with van der Waals surface area (Å²) < 4.78 is 0. The summed E-state index contributed by atoms with van der Waals surface area (Å²) in [5.41, 5.74) is 8.65. The van der Waals surface area contributed by atoms with Crippen molar-refractivity contribution in [2.45, 2.75) is 89.9 Å². The molecule has 2 heterocycles. The molecule has 0 atom stereocenters. The second kappa shape index (κ2) is 16.5. The quantitative estimate of drug-likeness (QED) is 0.439. The fourth-order valence-electron chi connectivity index (χ4n) is 5.04. The highest BCUT2D eigenvalue weighted by Crippen LogP contribution is 2.15. The van der Waals surface area contributed by atoms with E-state index in [0.29, 0.717) is 18.5 Å². The SMILES string of the molecule is CCCCCCC(=O)NC1CCN(Cc2ccccc2)CC1.NC1CCN(Cc2ccccc2)CC1. The van der Waals surface area contributed by atoms with E-state index < -0.39 is 0 Å². The zero-order valence-corrected chi connectivity index (χ0v) is 22.4. The van der Waals surface area contributed by atoms with Crippen molar-refractivity contribution in [1.82, 2.24) is 15.1 Å². The summed E-state index contributed by atoms with van der Waals surface area (Å²) in [6.45, 7) is 8.76. The Hall–Kier alpha value is -2.21. The monoisotopic (exact) mass is 492 g/mol. The minimum Gasteiger partial charge on any atom is -0.353 e. The number of likely N-dealkylation sites (tertiary alicyclic amines) is 2. The Morgan fingerprint density at radius 2 is 1.28 bits per heavy atom. The van der Waals surface area contributed by atoms with E-state index in [0.717, 1.165) is 71.4 Å². The summed E-state index contributed by atoms with van der Waals surface area (Å²) in [6, 6.07) is 22.1. The molecular weight excluding hydrogens is 444 g/mol. The lowest BCUT2D eigenvalue weighted by Gasteiger charge is -2.32. The van der Waals surface area contributed by atoms with Crippen molar-refractivity contribution >= 4 is 5.91 Å². The average molecular weight is 493 g/mol. The molecule has 4 rings (SSSR count). The Labute approximate surface area is 219 Å². The third-order valence-corrected chi connectivity index (χ3v) is 7.34. The van der Waals surface area contributed by atoms with E-state index in [1.807, 2.05) is 0 Å². The van der Waals surface area contributed by atoms with Gasteiger partial charge in [-0.1, -0.05) is 86.8 Å². The van der Waals surface area contributed by atoms with Crippen molar-refractivity contribution in [2.24, 2.45) is 5.73 Å². The molecule has 2 aliphatic rings. The van der Waals surface area contributed by atoms with Gasteiger partial charge in [0.05, 0.1) is 0 Å². The first-order valence-corrected chi connectivity index (χ1v) is 14.2. The van der Waals surface area contributed by atoms with Crippen LogP contribution >= 0.6 is 0 Å². The molecule has 5 nitrogen and oxygen atoms in total. The van der Waals surface area contributed by atoms with E-state index in [-0.39, 0.29) is 5.91 Å². The normalized spacial score (nSPS) is 17.8. The van der Waals surface area contributed by atoms with Gasteiger partial charge in [-0.2, -0.15) is 0 Å². The summed E-state index contributed by atoms with van der Waals surface area (Å²) in [7, 11) is 0. The van der Waals surface area contributed by atoms with Crippen molar-refractivity contribution in [3.05, 3.63) is 71.8 Å². The zero-order chi connectivity index (χ0) is 25.4. The van der Waals surface area contributed by atoms with Gasteiger partial charge in [-0.25, -0.2) is 0 Å². The molecule has 0 bridgehead atoms. The molecule has 0 saturated carbocycles. The van der Waals surface area contributed by atoms with Gasteiger partial charge in [0, 0.05) is 44.7 Å². The van der Waals surface area contributed by atoms with Gasteiger partial charge < -0.3 is 11.1 Å². The lowest BCUT2D eigenvalue weighted by atomic mass is 10.0. The van der Waals surface area contributed by atoms with Gasteiger partial charge in [0.25, 0.3) is 0 Å². The fraction of sp³-hybridized carbons (Fsp3) is 0.581. The summed E-state index contributed by atoms with van der Waals surface area (Å²) in [5, 5.41) is 3.21. The second-order valence-corrected chi connectivity index (χ2v) is 10.5. The predicted octanol–water partition coefficient (Wildman–Crippen LogP) is 5.35. The molecule has 5 heteroatoms. The number of nitrogens with zero attached hydrogens (tertiary/aromatic N) is 2. The number of rotatable bonds is 10. The highest BCUT2D eigenvalue weighted by atomic mass is 16.1. The van der Waals surface area contributed by atoms with Crippen molar-refractivity contribution in [1.29, 1.82) is 0 Å². The maximum atomic E-state index is 11.9. The highest BCUT2D eigenvalue weighted by molar-refractivity contribution is 5.76. The first kappa shape index (κ1) is 28.4. The van der Waals surface area contributed by atoms with E-state index in [2.05, 4.69) is 82.7 Å². The number of piperidine rings is 2. The Balaban J connectivity index is 0.000000221. The van der Waals surface area contributed by atoms with Crippen molar-refractivity contribution < 1.29 is 4.79 Å². The number of nitrogens with two attached hydrogens (primary N) is 1. The van der Waals surface area contributed by atoms with Gasteiger partial charge in [0.1, 0.15) is 0 Å². The van der Waals surface area contributed by atoms with E-state index in [1.54, 1.807) is 0 Å². The van der Waals surface area contributed by atoms with Gasteiger partial charge in [0.2, 0.25) is 5.91 Å². The smallest absolute Gasteiger partial charge is 0.220 e. The van der Waals surface area contributed by atoms with Crippen LogP contribution in [0.5, 0.6) is 0 Å². The largest absolute Gasteiger partial charge is 0.353 e. The molecule has 2 aliphatic heterocycles. The molecule has 2 fully saturated rings. The Kier molecular flexibility index (Phi) is 13.0. The molecule has 1 amide bonds. The maximum Gasteiger partial charge on any atom is 0.220 e. The van der Waals surface area contributed by atoms with E-state index in [1.165, 1.54) is 30.4 Å². The average Bonchev–Trinajstić information content (AvgIpc) is 2.91. The third kappa shape index (κ3) is 11.2. The molecular formula is C31H48N4O. The Morgan fingerprint density at radius 1 is 0.778 bits per heavy atom. The van der Waals surface area contributed by atoms with Crippen LogP contribution in [0.15, 0.2) is 60.7 Å². The summed E-state index contributed by atoms with van der Waals surface area (Å²) in [6.07, 6.45) is 9.82. The molecule has 36 heavy (non-hydrogen) atoms. The van der Waals surface area contributed by atoms with Crippen LogP contribution in [0.4, 0.5) is 0 Å². The Bertz CT molecular complexity index is 828. The van der Waals surface area contributed by atoms with Gasteiger partial charge in [-0.05, 0) is 56.3 Å². The van der Waals surface area contributed by atoms with Gasteiger partial charge in [0.15, 0.2) is 0 Å². The number of amides is 1. The van der Waals surface area contributed by atoms with E-state index in [9.17, 15) is 4.79 Å². The number of hydrogen-bond acceptors (Lipinski definition) is 4. The molecule has 198 valence electrons. The number of nitrogens with one attached hydrogen (secondary N) is 1. The van der Waals surface area contributed by atoms with Crippen LogP contribution < -0.4 is 11.1 Å². The van der Waals surface area contributed by atoms with E-state index in [4.69, 9.17) is 5.73 Å². The number of benzene rings is 2. The number of carbonyl (C=O) groups excluding carboxylic acids is 1. The number of carbonyl (C=O) groups is 1. The van der Waals surface area contributed by atoms with Crippen LogP contribution in [0, 0.1) is 0 Å². The summed E-state index contributed by atoms with van der Waals surface area (Å²) in [4.78, 5) is 16.9. The van der Waals surface area contributed by atoms with Crippen LogP contribution in [0.25, 0.3) is 0 Å². The molecule has 2 aromatic carbocycles. The van der Waals surface area contributed by atoms with Crippen LogP contribution in [0.3, 0.4) is 0 Å². The van der Waals surface area contributed by atoms with Crippen molar-refractivity contribution in [3.63, 3.8) is 0 Å². The molecule has 0 aliphatic carbocycles. The number of hydrogen-bond donors (Lipinski definition) is 2. The van der Waals surface area contributed by atoms with Gasteiger partial charge in [-0.3, -0.25) is 14.6 Å². The van der Waals surface area contributed by atoms with Gasteiger partial charge >= 0.3 is 0 Å². The summed E-state index contributed by atoms with van der Waals surface area (Å²) >= 11 is 0. The van der Waals surface area contributed by atoms with E-state index >= 15 is 0 Å².